The summed E-state index contributed by atoms with van der Waals surface area (Å²) in [4.78, 5) is 28.8. The molecule has 1 N–H and O–H groups in total. The summed E-state index contributed by atoms with van der Waals surface area (Å²) < 4.78 is 16.1. The van der Waals surface area contributed by atoms with Crippen LogP contribution in [0.2, 0.25) is 0 Å². The number of ether oxygens (including phenoxy) is 3. The second-order valence-corrected chi connectivity index (χ2v) is 8.22. The standard InChI is InChI=1S/C25H30N2O6/c1-15-13-16(31-4)7-9-18(15)23(28)21-22(19-10-8-17(32-5)14-20(19)33-6)27(12-11-26(2)3)25(30)24(21)29/h7-10,13-14,22,28H,11-12H2,1-6H3/b23-21+. The molecule has 0 aromatic heterocycles. The van der Waals surface area contributed by atoms with Gasteiger partial charge in [0, 0.05) is 17.2 Å². The monoisotopic (exact) mass is 454 g/mol. The minimum absolute atomic E-state index is 0.0783. The third kappa shape index (κ3) is 4.66. The van der Waals surface area contributed by atoms with Crippen LogP contribution < -0.4 is 24.2 Å². The quantitative estimate of drug-likeness (QED) is 0.353. The van der Waals surface area contributed by atoms with Gasteiger partial charge in [-0.3, -0.25) is 9.59 Å². The number of hydrogen-bond donors (Lipinski definition) is 1. The number of amides is 1. The number of carbonyl (C=O) groups is 2. The van der Waals surface area contributed by atoms with E-state index < -0.39 is 23.5 Å². The molecular formula is C25H30N2O6. The lowest BCUT2D eigenvalue weighted by Gasteiger charge is -2.29. The van der Waals surface area contributed by atoms with Crippen LogP contribution in [0.25, 0.3) is 5.76 Å². The second-order valence-electron chi connectivity index (χ2n) is 8.22. The number of aryl methyl sites for hydroxylation is 1. The van der Waals surface area contributed by atoms with Gasteiger partial charge in [-0.25, -0.2) is 0 Å². The lowest BCUT2D eigenvalue weighted by Crippen LogP contribution is -3.06. The Morgan fingerprint density at radius 2 is 1.64 bits per heavy atom. The summed E-state index contributed by atoms with van der Waals surface area (Å²) in [5.74, 6) is -0.349. The molecule has 2 aromatic rings. The normalized spacial score (nSPS) is 17.5. The Kier molecular flexibility index (Phi) is 7.28. The number of quaternary nitrogens is 1. The van der Waals surface area contributed by atoms with Gasteiger partial charge in [-0.2, -0.15) is 0 Å². The fourth-order valence-corrected chi connectivity index (χ4v) is 3.98. The van der Waals surface area contributed by atoms with E-state index in [1.54, 1.807) is 50.4 Å². The van der Waals surface area contributed by atoms with Crippen molar-refractivity contribution in [3.05, 3.63) is 58.7 Å². The zero-order valence-corrected chi connectivity index (χ0v) is 19.9. The fourth-order valence-electron chi connectivity index (χ4n) is 3.98. The molecule has 8 heteroatoms. The molecule has 0 radical (unpaired) electrons. The molecule has 1 unspecified atom stereocenters. The lowest BCUT2D eigenvalue weighted by molar-refractivity contribution is -0.857. The van der Waals surface area contributed by atoms with E-state index in [-0.39, 0.29) is 5.57 Å². The highest BCUT2D eigenvalue weighted by Crippen LogP contribution is 2.43. The topological polar surface area (TPSA) is 92.6 Å². The van der Waals surface area contributed by atoms with E-state index in [9.17, 15) is 14.7 Å². The number of hydrogen-bond acceptors (Lipinski definition) is 6. The van der Waals surface area contributed by atoms with Crippen molar-refractivity contribution < 1.29 is 33.8 Å². The van der Waals surface area contributed by atoms with Gasteiger partial charge in [-0.15, -0.1) is 0 Å². The molecule has 1 fully saturated rings. The smallest absolute Gasteiger partial charge is 0.295 e. The fraction of sp³-hybridized carbons (Fsp3) is 0.360. The van der Waals surface area contributed by atoms with Crippen LogP contribution in [-0.2, 0) is 9.59 Å². The van der Waals surface area contributed by atoms with Crippen LogP contribution in [0.1, 0.15) is 22.7 Å². The Morgan fingerprint density at radius 3 is 2.21 bits per heavy atom. The third-order valence-corrected chi connectivity index (χ3v) is 5.80. The van der Waals surface area contributed by atoms with Gasteiger partial charge < -0.3 is 29.1 Å². The maximum Gasteiger partial charge on any atom is 0.295 e. The van der Waals surface area contributed by atoms with Gasteiger partial charge in [-0.05, 0) is 42.3 Å². The van der Waals surface area contributed by atoms with Crippen molar-refractivity contribution in [1.29, 1.82) is 0 Å². The number of Topliss-reactive ketones (excluding diaryl/α,β-unsaturated/α-hetero) is 1. The van der Waals surface area contributed by atoms with E-state index in [0.717, 1.165) is 4.90 Å². The Hall–Kier alpha value is -3.52. The van der Waals surface area contributed by atoms with E-state index in [1.807, 2.05) is 14.1 Å². The molecule has 1 saturated heterocycles. The zero-order chi connectivity index (χ0) is 24.3. The largest absolute Gasteiger partial charge is 0.872 e. The summed E-state index contributed by atoms with van der Waals surface area (Å²) in [6, 6.07) is 9.29. The van der Waals surface area contributed by atoms with E-state index >= 15 is 0 Å². The molecule has 0 spiro atoms. The average molecular weight is 455 g/mol. The molecule has 0 bridgehead atoms. The maximum atomic E-state index is 13.7. The van der Waals surface area contributed by atoms with Crippen LogP contribution in [0.4, 0.5) is 0 Å². The molecule has 2 aromatic carbocycles. The van der Waals surface area contributed by atoms with E-state index in [4.69, 9.17) is 14.2 Å². The van der Waals surface area contributed by atoms with Crippen LogP contribution in [0.5, 0.6) is 17.2 Å². The number of benzene rings is 2. The molecule has 1 aliphatic rings. The molecule has 176 valence electrons. The molecule has 1 aliphatic heterocycles. The first-order chi connectivity index (χ1) is 15.7. The van der Waals surface area contributed by atoms with Gasteiger partial charge in [0.1, 0.15) is 17.2 Å². The van der Waals surface area contributed by atoms with Crippen molar-refractivity contribution in [1.82, 2.24) is 4.90 Å². The molecule has 1 heterocycles. The predicted octanol–water partition coefficient (Wildman–Crippen LogP) is 0.389. The molecule has 1 atom stereocenters. The number of carbonyl (C=O) groups excluding carboxylic acids is 2. The first kappa shape index (κ1) is 24.1. The highest BCUT2D eigenvalue weighted by molar-refractivity contribution is 6.46. The van der Waals surface area contributed by atoms with Crippen LogP contribution in [0.3, 0.4) is 0 Å². The lowest BCUT2D eigenvalue weighted by atomic mass is 9.93. The second kappa shape index (κ2) is 9.95. The summed E-state index contributed by atoms with van der Waals surface area (Å²) in [5.41, 5.74) is 1.49. The summed E-state index contributed by atoms with van der Waals surface area (Å²) in [5, 5.41) is 13.7. The van der Waals surface area contributed by atoms with Crippen molar-refractivity contribution in [2.45, 2.75) is 13.0 Å². The summed E-state index contributed by atoms with van der Waals surface area (Å²) in [6.45, 7) is 2.69. The molecule has 0 saturated carbocycles. The third-order valence-electron chi connectivity index (χ3n) is 5.80. The van der Waals surface area contributed by atoms with Gasteiger partial charge in [-0.1, -0.05) is 11.8 Å². The first-order valence-corrected chi connectivity index (χ1v) is 10.7. The summed E-state index contributed by atoms with van der Waals surface area (Å²) in [6.07, 6.45) is 0. The Bertz CT molecular complexity index is 1090. The van der Waals surface area contributed by atoms with Crippen molar-refractivity contribution in [3.8, 4) is 17.2 Å². The van der Waals surface area contributed by atoms with Gasteiger partial charge in [0.2, 0.25) is 5.78 Å². The summed E-state index contributed by atoms with van der Waals surface area (Å²) in [7, 11) is 8.50. The van der Waals surface area contributed by atoms with Crippen molar-refractivity contribution in [2.24, 2.45) is 0 Å². The number of likely N-dealkylation sites (N-methyl/N-ethyl adjacent to an activating group) is 1. The maximum absolute atomic E-state index is 13.7. The summed E-state index contributed by atoms with van der Waals surface area (Å²) >= 11 is 0. The molecule has 1 amide bonds. The molecule has 0 aliphatic carbocycles. The molecule has 33 heavy (non-hydrogen) atoms. The van der Waals surface area contributed by atoms with E-state index in [0.29, 0.717) is 47.0 Å². The van der Waals surface area contributed by atoms with E-state index in [2.05, 4.69) is 0 Å². The predicted molar refractivity (Wildman–Crippen MR) is 121 cm³/mol. The number of rotatable bonds is 8. The average Bonchev–Trinajstić information content (AvgIpc) is 3.06. The Labute approximate surface area is 194 Å². The minimum atomic E-state index is -0.862. The highest BCUT2D eigenvalue weighted by atomic mass is 16.5. The zero-order valence-electron chi connectivity index (χ0n) is 19.9. The number of nitrogens with one attached hydrogen (secondary N) is 1. The Balaban J connectivity index is 2.23. The van der Waals surface area contributed by atoms with Gasteiger partial charge in [0.05, 0.1) is 54.6 Å². The van der Waals surface area contributed by atoms with Crippen molar-refractivity contribution in [2.75, 3.05) is 48.5 Å². The van der Waals surface area contributed by atoms with Gasteiger partial charge >= 0.3 is 0 Å². The number of ketones is 1. The highest BCUT2D eigenvalue weighted by Gasteiger charge is 2.45. The number of methoxy groups -OCH3 is 3. The van der Waals surface area contributed by atoms with Crippen LogP contribution in [0.15, 0.2) is 42.0 Å². The molecule has 3 rings (SSSR count). The van der Waals surface area contributed by atoms with Crippen LogP contribution in [0, 0.1) is 6.92 Å². The Morgan fingerprint density at radius 1 is 1.00 bits per heavy atom. The van der Waals surface area contributed by atoms with Crippen molar-refractivity contribution in [3.63, 3.8) is 0 Å². The van der Waals surface area contributed by atoms with Gasteiger partial charge in [0.15, 0.2) is 0 Å². The minimum Gasteiger partial charge on any atom is -0.872 e. The molecular weight excluding hydrogens is 424 g/mol. The first-order valence-electron chi connectivity index (χ1n) is 10.7. The van der Waals surface area contributed by atoms with Crippen LogP contribution >= 0.6 is 0 Å². The number of nitrogens with zero attached hydrogens (tertiary/aromatic N) is 1. The number of likely N-dealkylation sites (tertiary alicyclic amines) is 1. The molecule has 8 nitrogen and oxygen atoms in total. The van der Waals surface area contributed by atoms with Gasteiger partial charge in [0.25, 0.3) is 5.91 Å². The van der Waals surface area contributed by atoms with Crippen molar-refractivity contribution >= 4 is 17.4 Å². The van der Waals surface area contributed by atoms with E-state index in [1.165, 1.54) is 19.1 Å². The SMILES string of the molecule is COc1ccc(/C([O-])=C2\C(=O)C(=O)N(CC[NH+](C)C)C2c2ccc(OC)cc2OC)c(C)c1. The van der Waals surface area contributed by atoms with Crippen LogP contribution in [-0.4, -0.2) is 65.1 Å².